The number of imidazole rings is 1. The molecule has 4 heterocycles. The molecular weight excluding hydrogens is 436 g/mol. The fourth-order valence-corrected chi connectivity index (χ4v) is 4.36. The Morgan fingerprint density at radius 1 is 1.39 bits per heavy atom. The number of aromatic carboxylic acids is 1. The van der Waals surface area contributed by atoms with Crippen LogP contribution in [0.25, 0.3) is 5.65 Å². The highest BCUT2D eigenvalue weighted by Gasteiger charge is 2.46. The molecule has 1 aliphatic carbocycles. The Hall–Kier alpha value is -2.43. The fourth-order valence-electron chi connectivity index (χ4n) is 3.96. The van der Waals surface area contributed by atoms with Crippen molar-refractivity contribution in [1.29, 1.82) is 0 Å². The largest absolute Gasteiger partial charge is 0.478 e. The molecule has 1 saturated heterocycles. The van der Waals surface area contributed by atoms with Crippen LogP contribution in [0.2, 0.25) is 0 Å². The van der Waals surface area contributed by atoms with Gasteiger partial charge in [0.15, 0.2) is 5.60 Å². The van der Waals surface area contributed by atoms with Gasteiger partial charge in [-0.25, -0.2) is 9.78 Å². The lowest BCUT2D eigenvalue weighted by atomic mass is 9.91. The standard InChI is InChI=1S/C21H22N4O4S2/c1-12-16(19(26)27)9-25(23-12)8-15-7-24-6-14(13-3-4-13)5-17(18(24)22-15)21(10-28-11-21)29-20(30)31-2/h5-7,9,13H,3-4,8,10-11H2,1-2H3,(H,26,27). The number of ether oxygens (including phenoxy) is 2. The van der Waals surface area contributed by atoms with Gasteiger partial charge in [0.05, 0.1) is 31.1 Å². The van der Waals surface area contributed by atoms with Gasteiger partial charge in [0, 0.05) is 24.2 Å². The van der Waals surface area contributed by atoms with Gasteiger partial charge in [-0.1, -0.05) is 11.8 Å². The number of aryl methyl sites for hydroxylation is 1. The van der Waals surface area contributed by atoms with Crippen LogP contribution in [0.3, 0.4) is 0 Å². The Balaban J connectivity index is 1.56. The highest BCUT2D eigenvalue weighted by atomic mass is 32.2. The molecule has 8 nitrogen and oxygen atoms in total. The molecule has 0 bridgehead atoms. The maximum absolute atomic E-state index is 11.3. The third-order valence-electron chi connectivity index (χ3n) is 5.78. The first-order valence-electron chi connectivity index (χ1n) is 10.0. The molecule has 1 saturated carbocycles. The number of carboxylic acid groups (broad SMARTS) is 1. The van der Waals surface area contributed by atoms with E-state index in [-0.39, 0.29) is 5.56 Å². The minimum atomic E-state index is -0.982. The van der Waals surface area contributed by atoms with Gasteiger partial charge < -0.3 is 19.0 Å². The molecule has 2 aliphatic rings. The van der Waals surface area contributed by atoms with Crippen LogP contribution < -0.4 is 0 Å². The fraction of sp³-hybridized carbons (Fsp3) is 0.429. The number of thioether (sulfide) groups is 1. The van der Waals surface area contributed by atoms with E-state index in [1.165, 1.54) is 30.2 Å². The minimum Gasteiger partial charge on any atom is -0.478 e. The lowest BCUT2D eigenvalue weighted by Crippen LogP contribution is -2.50. The SMILES string of the molecule is CSC(=S)OC1(c2cc(C3CC3)cn3cc(Cn4cc(C(=O)O)c(C)n4)nc23)COC1. The third kappa shape index (κ3) is 3.72. The van der Waals surface area contributed by atoms with Crippen molar-refractivity contribution >= 4 is 40.0 Å². The van der Waals surface area contributed by atoms with Crippen molar-refractivity contribution in [3.63, 3.8) is 0 Å². The van der Waals surface area contributed by atoms with Crippen molar-refractivity contribution in [3.8, 4) is 0 Å². The number of carboxylic acids is 1. The van der Waals surface area contributed by atoms with Crippen molar-refractivity contribution in [3.05, 3.63) is 52.7 Å². The zero-order chi connectivity index (χ0) is 21.8. The molecule has 0 aromatic carbocycles. The van der Waals surface area contributed by atoms with Gasteiger partial charge in [0.1, 0.15) is 11.2 Å². The summed E-state index contributed by atoms with van der Waals surface area (Å²) in [4.78, 5) is 16.2. The van der Waals surface area contributed by atoms with E-state index in [4.69, 9.17) is 26.7 Å². The molecule has 10 heteroatoms. The molecule has 0 spiro atoms. The number of hydrogen-bond donors (Lipinski definition) is 1. The summed E-state index contributed by atoms with van der Waals surface area (Å²) >= 11 is 6.75. The van der Waals surface area contributed by atoms with Gasteiger partial charge in [-0.3, -0.25) is 4.68 Å². The number of nitrogens with zero attached hydrogens (tertiary/aromatic N) is 4. The summed E-state index contributed by atoms with van der Waals surface area (Å²) in [6.07, 6.45) is 9.91. The molecule has 3 aromatic rings. The van der Waals surface area contributed by atoms with E-state index < -0.39 is 11.6 Å². The average Bonchev–Trinajstić information content (AvgIpc) is 3.38. The molecular formula is C21H22N4O4S2. The zero-order valence-electron chi connectivity index (χ0n) is 17.2. The lowest BCUT2D eigenvalue weighted by molar-refractivity contribution is -0.171. The Morgan fingerprint density at radius 2 is 2.16 bits per heavy atom. The molecule has 162 valence electrons. The molecule has 0 radical (unpaired) electrons. The maximum Gasteiger partial charge on any atom is 0.339 e. The van der Waals surface area contributed by atoms with Crippen molar-refractivity contribution < 1.29 is 19.4 Å². The van der Waals surface area contributed by atoms with Crippen LogP contribution >= 0.6 is 24.0 Å². The Bertz CT molecular complexity index is 1190. The number of rotatable bonds is 6. The smallest absolute Gasteiger partial charge is 0.339 e. The van der Waals surface area contributed by atoms with E-state index in [2.05, 4.69) is 17.4 Å². The van der Waals surface area contributed by atoms with Gasteiger partial charge >= 0.3 is 5.97 Å². The number of thiocarbonyl (C=S) groups is 1. The third-order valence-corrected chi connectivity index (χ3v) is 6.78. The van der Waals surface area contributed by atoms with E-state index >= 15 is 0 Å². The zero-order valence-corrected chi connectivity index (χ0v) is 18.8. The van der Waals surface area contributed by atoms with Crippen molar-refractivity contribution in [1.82, 2.24) is 19.2 Å². The van der Waals surface area contributed by atoms with Crippen LogP contribution in [0, 0.1) is 6.92 Å². The highest BCUT2D eigenvalue weighted by Crippen LogP contribution is 2.44. The molecule has 5 rings (SSSR count). The first-order chi connectivity index (χ1) is 14.9. The summed E-state index contributed by atoms with van der Waals surface area (Å²) in [5.41, 5.74) is 3.88. The second-order valence-electron chi connectivity index (χ2n) is 8.10. The lowest BCUT2D eigenvalue weighted by Gasteiger charge is -2.41. The van der Waals surface area contributed by atoms with Crippen molar-refractivity contribution in [2.75, 3.05) is 19.5 Å². The van der Waals surface area contributed by atoms with Crippen LogP contribution in [-0.2, 0) is 21.6 Å². The first kappa shape index (κ1) is 20.5. The van der Waals surface area contributed by atoms with Crippen LogP contribution in [0.15, 0.2) is 24.7 Å². The molecule has 1 N–H and O–H groups in total. The summed E-state index contributed by atoms with van der Waals surface area (Å²) in [6, 6.07) is 2.19. The number of hydrogen-bond acceptors (Lipinski definition) is 7. The molecule has 3 aromatic heterocycles. The number of aromatic nitrogens is 4. The van der Waals surface area contributed by atoms with Crippen LogP contribution in [0.4, 0.5) is 0 Å². The Kier molecular flexibility index (Phi) is 5.03. The quantitative estimate of drug-likeness (QED) is 0.563. The predicted molar refractivity (Wildman–Crippen MR) is 120 cm³/mol. The topological polar surface area (TPSA) is 90.9 Å². The first-order valence-corrected chi connectivity index (χ1v) is 11.7. The predicted octanol–water partition coefficient (Wildman–Crippen LogP) is 3.35. The minimum absolute atomic E-state index is 0.199. The molecule has 31 heavy (non-hydrogen) atoms. The van der Waals surface area contributed by atoms with Crippen molar-refractivity contribution in [2.24, 2.45) is 0 Å². The maximum atomic E-state index is 11.3. The number of pyridine rings is 1. The van der Waals surface area contributed by atoms with Gasteiger partial charge in [0.2, 0.25) is 4.38 Å². The van der Waals surface area contributed by atoms with Crippen LogP contribution in [-0.4, -0.2) is 54.1 Å². The summed E-state index contributed by atoms with van der Waals surface area (Å²) in [6.45, 7) is 2.93. The summed E-state index contributed by atoms with van der Waals surface area (Å²) < 4.78 is 15.9. The second kappa shape index (κ2) is 7.61. The molecule has 0 atom stereocenters. The molecule has 2 fully saturated rings. The highest BCUT2D eigenvalue weighted by molar-refractivity contribution is 8.22. The van der Waals surface area contributed by atoms with Gasteiger partial charge in [-0.15, -0.1) is 0 Å². The summed E-state index contributed by atoms with van der Waals surface area (Å²) in [5.74, 6) is -0.421. The molecule has 0 unspecified atom stereocenters. The molecule has 1 aliphatic heterocycles. The van der Waals surface area contributed by atoms with Crippen molar-refractivity contribution in [2.45, 2.75) is 37.8 Å². The Labute approximate surface area is 188 Å². The van der Waals surface area contributed by atoms with Gasteiger partial charge in [-0.05, 0) is 55.8 Å². The second-order valence-corrected chi connectivity index (χ2v) is 9.51. The summed E-state index contributed by atoms with van der Waals surface area (Å²) in [7, 11) is 0. The monoisotopic (exact) mass is 458 g/mol. The summed E-state index contributed by atoms with van der Waals surface area (Å²) in [5, 5.41) is 13.6. The Morgan fingerprint density at radius 3 is 2.74 bits per heavy atom. The van der Waals surface area contributed by atoms with E-state index in [1.54, 1.807) is 17.8 Å². The molecule has 0 amide bonds. The van der Waals surface area contributed by atoms with Crippen LogP contribution in [0.1, 0.15) is 51.6 Å². The van der Waals surface area contributed by atoms with Gasteiger partial charge in [-0.2, -0.15) is 5.10 Å². The number of fused-ring (bicyclic) bond motifs is 1. The average molecular weight is 459 g/mol. The number of carbonyl (C=O) groups is 1. The van der Waals surface area contributed by atoms with E-state index in [9.17, 15) is 9.90 Å². The van der Waals surface area contributed by atoms with Gasteiger partial charge in [0.25, 0.3) is 0 Å². The van der Waals surface area contributed by atoms with E-state index in [0.717, 1.165) is 16.9 Å². The normalized spacial score (nSPS) is 17.5. The van der Waals surface area contributed by atoms with E-state index in [0.29, 0.717) is 35.8 Å². The van der Waals surface area contributed by atoms with E-state index in [1.807, 2.05) is 16.9 Å². The van der Waals surface area contributed by atoms with Crippen LogP contribution in [0.5, 0.6) is 0 Å².